The first-order valence-corrected chi connectivity index (χ1v) is 8.34. The summed E-state index contributed by atoms with van der Waals surface area (Å²) in [7, 11) is 0. The van der Waals surface area contributed by atoms with Gasteiger partial charge in [-0.1, -0.05) is 41.4 Å². The number of rotatable bonds is 6. The molecule has 0 aliphatic rings. The normalized spacial score (nSPS) is 10.2. The standard InChI is InChI=1S/C18H19BrN2O2/c1-2-3-10-20-17(22)13-6-4-7-14(11-13)18(23)21-16-9-5-8-15(19)12-16/h4-9,11-12H,2-3,10H2,1H3,(H,20,22)(H,21,23). The number of carbonyl (C=O) groups excluding carboxylic acids is 2. The van der Waals surface area contributed by atoms with E-state index in [4.69, 9.17) is 0 Å². The van der Waals surface area contributed by atoms with Crippen LogP contribution in [0.1, 0.15) is 40.5 Å². The quantitative estimate of drug-likeness (QED) is 0.743. The van der Waals surface area contributed by atoms with Gasteiger partial charge in [0.15, 0.2) is 0 Å². The zero-order valence-corrected chi connectivity index (χ0v) is 14.5. The number of halogens is 1. The van der Waals surface area contributed by atoms with E-state index in [2.05, 4.69) is 33.5 Å². The molecule has 0 saturated heterocycles. The molecule has 5 heteroatoms. The Balaban J connectivity index is 2.06. The molecule has 2 rings (SSSR count). The molecule has 0 aliphatic carbocycles. The first kappa shape index (κ1) is 17.2. The van der Waals surface area contributed by atoms with Crippen molar-refractivity contribution >= 4 is 33.4 Å². The van der Waals surface area contributed by atoms with Gasteiger partial charge in [0.1, 0.15) is 0 Å². The molecule has 2 aromatic carbocycles. The second kappa shape index (κ2) is 8.48. The zero-order valence-electron chi connectivity index (χ0n) is 12.9. The number of anilines is 1. The summed E-state index contributed by atoms with van der Waals surface area (Å²) >= 11 is 3.36. The summed E-state index contributed by atoms with van der Waals surface area (Å²) in [6.45, 7) is 2.71. The number of hydrogen-bond acceptors (Lipinski definition) is 2. The second-order valence-electron chi connectivity index (χ2n) is 5.15. The van der Waals surface area contributed by atoms with Crippen molar-refractivity contribution in [3.8, 4) is 0 Å². The smallest absolute Gasteiger partial charge is 0.255 e. The van der Waals surface area contributed by atoms with Crippen molar-refractivity contribution in [1.82, 2.24) is 5.32 Å². The lowest BCUT2D eigenvalue weighted by Gasteiger charge is -2.08. The third-order valence-corrected chi connectivity index (χ3v) is 3.78. The van der Waals surface area contributed by atoms with E-state index >= 15 is 0 Å². The van der Waals surface area contributed by atoms with Crippen LogP contribution in [0.4, 0.5) is 5.69 Å². The summed E-state index contributed by atoms with van der Waals surface area (Å²) in [6.07, 6.45) is 1.96. The average Bonchev–Trinajstić information content (AvgIpc) is 2.55. The van der Waals surface area contributed by atoms with Crippen LogP contribution in [0, 0.1) is 0 Å². The monoisotopic (exact) mass is 374 g/mol. The fourth-order valence-electron chi connectivity index (χ4n) is 2.05. The first-order valence-electron chi connectivity index (χ1n) is 7.55. The molecule has 23 heavy (non-hydrogen) atoms. The van der Waals surface area contributed by atoms with E-state index in [-0.39, 0.29) is 11.8 Å². The van der Waals surface area contributed by atoms with Crippen LogP contribution in [0.15, 0.2) is 53.0 Å². The zero-order chi connectivity index (χ0) is 16.7. The predicted octanol–water partition coefficient (Wildman–Crippen LogP) is 4.23. The lowest BCUT2D eigenvalue weighted by molar-refractivity contribution is 0.0953. The molecule has 0 aliphatic heterocycles. The van der Waals surface area contributed by atoms with Gasteiger partial charge in [-0.2, -0.15) is 0 Å². The van der Waals surface area contributed by atoms with Gasteiger partial charge in [0.2, 0.25) is 0 Å². The Morgan fingerprint density at radius 2 is 1.70 bits per heavy atom. The van der Waals surface area contributed by atoms with Crippen LogP contribution in [0.25, 0.3) is 0 Å². The maximum atomic E-state index is 12.3. The topological polar surface area (TPSA) is 58.2 Å². The first-order chi connectivity index (χ1) is 11.1. The van der Waals surface area contributed by atoms with Gasteiger partial charge < -0.3 is 10.6 Å². The summed E-state index contributed by atoms with van der Waals surface area (Å²) in [5.41, 5.74) is 1.64. The van der Waals surface area contributed by atoms with Crippen molar-refractivity contribution in [3.63, 3.8) is 0 Å². The van der Waals surface area contributed by atoms with Gasteiger partial charge in [0.25, 0.3) is 11.8 Å². The third-order valence-electron chi connectivity index (χ3n) is 3.29. The minimum absolute atomic E-state index is 0.157. The molecule has 4 nitrogen and oxygen atoms in total. The molecule has 0 atom stereocenters. The summed E-state index contributed by atoms with van der Waals surface area (Å²) in [4.78, 5) is 24.4. The van der Waals surface area contributed by atoms with E-state index in [0.717, 1.165) is 17.3 Å². The highest BCUT2D eigenvalue weighted by Gasteiger charge is 2.10. The highest BCUT2D eigenvalue weighted by atomic mass is 79.9. The molecule has 2 aromatic rings. The van der Waals surface area contributed by atoms with Gasteiger partial charge in [0.05, 0.1) is 0 Å². The Morgan fingerprint density at radius 3 is 2.39 bits per heavy atom. The molecular weight excluding hydrogens is 356 g/mol. The molecule has 0 unspecified atom stereocenters. The van der Waals surface area contributed by atoms with Crippen LogP contribution in [-0.2, 0) is 0 Å². The van der Waals surface area contributed by atoms with Gasteiger partial charge in [-0.3, -0.25) is 9.59 Å². The number of carbonyl (C=O) groups is 2. The van der Waals surface area contributed by atoms with Crippen molar-refractivity contribution in [3.05, 3.63) is 64.1 Å². The molecule has 0 bridgehead atoms. The van der Waals surface area contributed by atoms with Gasteiger partial charge >= 0.3 is 0 Å². The molecule has 2 N–H and O–H groups in total. The van der Waals surface area contributed by atoms with Crippen LogP contribution >= 0.6 is 15.9 Å². The fourth-order valence-corrected chi connectivity index (χ4v) is 2.45. The van der Waals surface area contributed by atoms with Gasteiger partial charge in [-0.15, -0.1) is 0 Å². The maximum absolute atomic E-state index is 12.3. The Bertz CT molecular complexity index is 701. The number of nitrogens with one attached hydrogen (secondary N) is 2. The van der Waals surface area contributed by atoms with Crippen molar-refractivity contribution in [2.45, 2.75) is 19.8 Å². The molecule has 0 heterocycles. The minimum atomic E-state index is -0.244. The third kappa shape index (κ3) is 5.21. The van der Waals surface area contributed by atoms with Gasteiger partial charge in [-0.25, -0.2) is 0 Å². The highest BCUT2D eigenvalue weighted by molar-refractivity contribution is 9.10. The van der Waals surface area contributed by atoms with Gasteiger partial charge in [0, 0.05) is 27.8 Å². The Hall–Kier alpha value is -2.14. The molecule has 120 valence electrons. The summed E-state index contributed by atoms with van der Waals surface area (Å²) in [6, 6.07) is 14.1. The van der Waals surface area contributed by atoms with Crippen molar-refractivity contribution in [1.29, 1.82) is 0 Å². The van der Waals surface area contributed by atoms with E-state index in [1.54, 1.807) is 24.3 Å². The van der Waals surface area contributed by atoms with E-state index in [0.29, 0.717) is 23.4 Å². The lowest BCUT2D eigenvalue weighted by atomic mass is 10.1. The molecule has 0 saturated carbocycles. The molecule has 0 radical (unpaired) electrons. The second-order valence-corrected chi connectivity index (χ2v) is 6.07. The van der Waals surface area contributed by atoms with Crippen LogP contribution in [-0.4, -0.2) is 18.4 Å². The largest absolute Gasteiger partial charge is 0.352 e. The van der Waals surface area contributed by atoms with E-state index < -0.39 is 0 Å². The van der Waals surface area contributed by atoms with E-state index in [9.17, 15) is 9.59 Å². The SMILES string of the molecule is CCCCNC(=O)c1cccc(C(=O)Nc2cccc(Br)c2)c1. The van der Waals surface area contributed by atoms with E-state index in [1.807, 2.05) is 24.3 Å². The molecule has 0 aromatic heterocycles. The Morgan fingerprint density at radius 1 is 1.00 bits per heavy atom. The van der Waals surface area contributed by atoms with Crippen LogP contribution in [0.5, 0.6) is 0 Å². The van der Waals surface area contributed by atoms with Crippen LogP contribution in [0.3, 0.4) is 0 Å². The van der Waals surface area contributed by atoms with Crippen molar-refractivity contribution < 1.29 is 9.59 Å². The average molecular weight is 375 g/mol. The number of unbranched alkanes of at least 4 members (excludes halogenated alkanes) is 1. The van der Waals surface area contributed by atoms with Crippen molar-refractivity contribution in [2.24, 2.45) is 0 Å². The molecular formula is C18H19BrN2O2. The van der Waals surface area contributed by atoms with Crippen molar-refractivity contribution in [2.75, 3.05) is 11.9 Å². The molecule has 2 amide bonds. The number of benzene rings is 2. The van der Waals surface area contributed by atoms with E-state index in [1.165, 1.54) is 0 Å². The number of hydrogen-bond donors (Lipinski definition) is 2. The summed E-state index contributed by atoms with van der Waals surface area (Å²) < 4.78 is 0.888. The van der Waals surface area contributed by atoms with Crippen LogP contribution in [0.2, 0.25) is 0 Å². The van der Waals surface area contributed by atoms with Gasteiger partial charge in [-0.05, 0) is 42.8 Å². The number of amides is 2. The fraction of sp³-hybridized carbons (Fsp3) is 0.222. The Labute approximate surface area is 144 Å². The highest BCUT2D eigenvalue weighted by Crippen LogP contribution is 2.17. The molecule has 0 spiro atoms. The predicted molar refractivity (Wildman–Crippen MR) is 95.8 cm³/mol. The van der Waals surface area contributed by atoms with Crippen LogP contribution < -0.4 is 10.6 Å². The Kier molecular flexibility index (Phi) is 6.35. The lowest BCUT2D eigenvalue weighted by Crippen LogP contribution is -2.24. The maximum Gasteiger partial charge on any atom is 0.255 e. The molecule has 0 fully saturated rings. The summed E-state index contributed by atoms with van der Waals surface area (Å²) in [5, 5.41) is 5.66. The minimum Gasteiger partial charge on any atom is -0.352 e. The summed E-state index contributed by atoms with van der Waals surface area (Å²) in [5.74, 6) is -0.401.